The van der Waals surface area contributed by atoms with Crippen molar-refractivity contribution in [3.63, 3.8) is 0 Å². The maximum Gasteiger partial charge on any atom is 0.410 e. The Morgan fingerprint density at radius 3 is 2.29 bits per heavy atom. The molecular formula is C18H35N3O3. The normalized spacial score (nSPS) is 22.0. The Morgan fingerprint density at radius 2 is 1.79 bits per heavy atom. The van der Waals surface area contributed by atoms with Crippen molar-refractivity contribution in [2.45, 2.75) is 53.6 Å². The lowest BCUT2D eigenvalue weighted by Gasteiger charge is -2.31. The Morgan fingerprint density at radius 1 is 1.21 bits per heavy atom. The molecule has 1 unspecified atom stereocenters. The summed E-state index contributed by atoms with van der Waals surface area (Å²) >= 11 is 0. The molecule has 0 spiro atoms. The largest absolute Gasteiger partial charge is 0.444 e. The third-order valence-electron chi connectivity index (χ3n) is 4.14. The van der Waals surface area contributed by atoms with Gasteiger partial charge in [0.25, 0.3) is 0 Å². The van der Waals surface area contributed by atoms with Crippen molar-refractivity contribution >= 4 is 12.0 Å². The Hall–Kier alpha value is -1.30. The van der Waals surface area contributed by atoms with E-state index in [4.69, 9.17) is 4.74 Å². The van der Waals surface area contributed by atoms with Crippen LogP contribution in [0.4, 0.5) is 4.79 Å². The maximum atomic E-state index is 12.6. The zero-order valence-corrected chi connectivity index (χ0v) is 16.7. The zero-order chi connectivity index (χ0) is 18.8. The van der Waals surface area contributed by atoms with E-state index in [-0.39, 0.29) is 17.4 Å². The summed E-state index contributed by atoms with van der Waals surface area (Å²) in [7, 11) is 4.06. The molecule has 1 atom stereocenters. The van der Waals surface area contributed by atoms with Crippen molar-refractivity contribution in [1.82, 2.24) is 15.1 Å². The quantitative estimate of drug-likeness (QED) is 0.834. The van der Waals surface area contributed by atoms with E-state index in [1.165, 1.54) is 0 Å². The number of amides is 2. The fourth-order valence-corrected chi connectivity index (χ4v) is 3.07. The van der Waals surface area contributed by atoms with Gasteiger partial charge in [0.05, 0.1) is 5.41 Å². The van der Waals surface area contributed by atoms with Crippen LogP contribution in [0.3, 0.4) is 0 Å². The van der Waals surface area contributed by atoms with Gasteiger partial charge >= 0.3 is 6.09 Å². The van der Waals surface area contributed by atoms with Gasteiger partial charge in [-0.25, -0.2) is 4.79 Å². The van der Waals surface area contributed by atoms with Crippen LogP contribution in [0.5, 0.6) is 0 Å². The van der Waals surface area contributed by atoms with Gasteiger partial charge in [-0.15, -0.1) is 0 Å². The maximum absolute atomic E-state index is 12.6. The second kappa shape index (κ2) is 7.30. The number of ether oxygens (including phenoxy) is 1. The Kier molecular flexibility index (Phi) is 6.31. The van der Waals surface area contributed by atoms with Crippen LogP contribution in [0.2, 0.25) is 0 Å². The number of carbonyl (C=O) groups excluding carboxylic acids is 2. The van der Waals surface area contributed by atoms with Crippen molar-refractivity contribution in [2.24, 2.45) is 10.8 Å². The van der Waals surface area contributed by atoms with E-state index in [9.17, 15) is 9.59 Å². The molecule has 6 heteroatoms. The highest BCUT2D eigenvalue weighted by atomic mass is 16.6. The van der Waals surface area contributed by atoms with Crippen LogP contribution < -0.4 is 5.32 Å². The van der Waals surface area contributed by atoms with Crippen LogP contribution in [0.15, 0.2) is 0 Å². The standard InChI is InChI=1S/C18H35N3O3/c1-16(2,3)24-15(23)21-10-9-18(6,13-21)14(22)19-11-17(4,5)12-20(7)8/h9-13H2,1-8H3,(H,19,22). The van der Waals surface area contributed by atoms with Gasteiger partial charge in [0.2, 0.25) is 5.91 Å². The Balaban J connectivity index is 2.58. The summed E-state index contributed by atoms with van der Waals surface area (Å²) in [5.41, 5.74) is -1.07. The smallest absolute Gasteiger partial charge is 0.410 e. The number of nitrogens with zero attached hydrogens (tertiary/aromatic N) is 2. The van der Waals surface area contributed by atoms with Gasteiger partial charge in [0.1, 0.15) is 5.60 Å². The molecule has 0 aromatic heterocycles. The number of hydrogen-bond acceptors (Lipinski definition) is 4. The molecule has 140 valence electrons. The van der Waals surface area contributed by atoms with Gasteiger partial charge < -0.3 is 19.9 Å². The fourth-order valence-electron chi connectivity index (χ4n) is 3.07. The van der Waals surface area contributed by atoms with Gasteiger partial charge in [0, 0.05) is 26.2 Å². The van der Waals surface area contributed by atoms with Crippen LogP contribution in [-0.2, 0) is 9.53 Å². The molecule has 1 aliphatic rings. The monoisotopic (exact) mass is 341 g/mol. The lowest BCUT2D eigenvalue weighted by molar-refractivity contribution is -0.130. The predicted octanol–water partition coefficient (Wildman–Crippen LogP) is 2.34. The van der Waals surface area contributed by atoms with Crippen molar-refractivity contribution in [3.8, 4) is 0 Å². The highest BCUT2D eigenvalue weighted by Crippen LogP contribution is 2.31. The molecule has 0 saturated carbocycles. The molecule has 1 fully saturated rings. The Bertz CT molecular complexity index is 469. The third-order valence-corrected chi connectivity index (χ3v) is 4.14. The molecule has 0 radical (unpaired) electrons. The SMILES string of the molecule is CN(C)CC(C)(C)CNC(=O)C1(C)CCN(C(=O)OC(C)(C)C)C1. The van der Waals surface area contributed by atoms with E-state index in [0.29, 0.717) is 26.1 Å². The summed E-state index contributed by atoms with van der Waals surface area (Å²) in [4.78, 5) is 28.6. The topological polar surface area (TPSA) is 61.9 Å². The number of likely N-dealkylation sites (tertiary alicyclic amines) is 1. The minimum Gasteiger partial charge on any atom is -0.444 e. The van der Waals surface area contributed by atoms with Crippen LogP contribution >= 0.6 is 0 Å². The van der Waals surface area contributed by atoms with E-state index in [0.717, 1.165) is 6.54 Å². The van der Waals surface area contributed by atoms with Crippen LogP contribution in [0, 0.1) is 10.8 Å². The fraction of sp³-hybridized carbons (Fsp3) is 0.889. The summed E-state index contributed by atoms with van der Waals surface area (Å²) in [6.07, 6.45) is 0.318. The van der Waals surface area contributed by atoms with Crippen molar-refractivity contribution in [3.05, 3.63) is 0 Å². The van der Waals surface area contributed by atoms with Gasteiger partial charge in [-0.1, -0.05) is 13.8 Å². The molecule has 1 saturated heterocycles. The summed E-state index contributed by atoms with van der Waals surface area (Å²) in [6, 6.07) is 0. The highest BCUT2D eigenvalue weighted by molar-refractivity contribution is 5.84. The average Bonchev–Trinajstić information content (AvgIpc) is 2.77. The van der Waals surface area contributed by atoms with E-state index in [2.05, 4.69) is 24.1 Å². The number of hydrogen-bond donors (Lipinski definition) is 1. The third kappa shape index (κ3) is 6.30. The lowest BCUT2D eigenvalue weighted by atomic mass is 9.87. The number of rotatable bonds is 5. The van der Waals surface area contributed by atoms with Crippen LogP contribution in [-0.4, -0.2) is 67.7 Å². The lowest BCUT2D eigenvalue weighted by Crippen LogP contribution is -2.47. The molecule has 0 aromatic carbocycles. The summed E-state index contributed by atoms with van der Waals surface area (Å²) in [5, 5.41) is 3.07. The molecule has 1 heterocycles. The van der Waals surface area contributed by atoms with Crippen LogP contribution in [0.1, 0.15) is 48.0 Å². The van der Waals surface area contributed by atoms with Gasteiger partial charge in [-0.05, 0) is 53.6 Å². The first-order valence-corrected chi connectivity index (χ1v) is 8.65. The predicted molar refractivity (Wildman–Crippen MR) is 95.9 cm³/mol. The molecule has 1 rings (SSSR count). The van der Waals surface area contributed by atoms with E-state index >= 15 is 0 Å². The first-order chi connectivity index (χ1) is 10.7. The molecule has 2 amide bonds. The zero-order valence-electron chi connectivity index (χ0n) is 16.7. The van der Waals surface area contributed by atoms with Crippen molar-refractivity contribution < 1.29 is 14.3 Å². The van der Waals surface area contributed by atoms with Gasteiger partial charge in [0.15, 0.2) is 0 Å². The minimum absolute atomic E-state index is 0.00102. The van der Waals surface area contributed by atoms with Gasteiger partial charge in [-0.2, -0.15) is 0 Å². The van der Waals surface area contributed by atoms with E-state index in [1.807, 2.05) is 41.8 Å². The summed E-state index contributed by atoms with van der Waals surface area (Å²) < 4.78 is 5.40. The van der Waals surface area contributed by atoms with Crippen LogP contribution in [0.25, 0.3) is 0 Å². The first-order valence-electron chi connectivity index (χ1n) is 8.65. The average molecular weight is 341 g/mol. The second-order valence-corrected chi connectivity index (χ2v) is 9.30. The van der Waals surface area contributed by atoms with Gasteiger partial charge in [-0.3, -0.25) is 4.79 Å². The minimum atomic E-state index is -0.550. The molecule has 1 aliphatic heterocycles. The molecule has 6 nitrogen and oxygen atoms in total. The van der Waals surface area contributed by atoms with E-state index < -0.39 is 11.0 Å². The second-order valence-electron chi connectivity index (χ2n) is 9.30. The highest BCUT2D eigenvalue weighted by Gasteiger charge is 2.43. The molecule has 1 N–H and O–H groups in total. The number of carbonyl (C=O) groups is 2. The molecule has 0 aliphatic carbocycles. The molecular weight excluding hydrogens is 306 g/mol. The summed E-state index contributed by atoms with van der Waals surface area (Å²) in [6.45, 7) is 14.2. The summed E-state index contributed by atoms with van der Waals surface area (Å²) in [5.74, 6) is 0.0142. The molecule has 0 aromatic rings. The first kappa shape index (κ1) is 20.7. The molecule has 24 heavy (non-hydrogen) atoms. The number of nitrogens with one attached hydrogen (secondary N) is 1. The van der Waals surface area contributed by atoms with E-state index in [1.54, 1.807) is 4.90 Å². The molecule has 0 bridgehead atoms. The Labute approximate surface area is 146 Å². The van der Waals surface area contributed by atoms with Crippen molar-refractivity contribution in [2.75, 3.05) is 40.3 Å². The van der Waals surface area contributed by atoms with Crippen molar-refractivity contribution in [1.29, 1.82) is 0 Å².